The Morgan fingerprint density at radius 3 is 2.55 bits per heavy atom. The summed E-state index contributed by atoms with van der Waals surface area (Å²) in [5.41, 5.74) is 1.55. The van der Waals surface area contributed by atoms with Crippen molar-refractivity contribution in [3.05, 3.63) is 59.4 Å². The third kappa shape index (κ3) is 1.90. The van der Waals surface area contributed by atoms with Crippen LogP contribution < -0.4 is 0 Å². The lowest BCUT2D eigenvalue weighted by Gasteiger charge is -2.10. The average molecular weight is 307 g/mol. The minimum absolute atomic E-state index is 0.223. The molecule has 0 unspecified atom stereocenters. The molecule has 2 aromatic heterocycles. The van der Waals surface area contributed by atoms with Crippen molar-refractivity contribution in [2.24, 2.45) is 0 Å². The van der Waals surface area contributed by atoms with Crippen LogP contribution in [-0.4, -0.2) is 17.4 Å². The maximum absolute atomic E-state index is 12.8. The number of pyridine rings is 1. The first-order valence-corrected chi connectivity index (χ1v) is 7.77. The van der Waals surface area contributed by atoms with Crippen molar-refractivity contribution in [3.8, 4) is 0 Å². The topological polar surface area (TPSA) is 52.0 Å². The van der Waals surface area contributed by atoms with Crippen LogP contribution in [0.3, 0.4) is 0 Å². The van der Waals surface area contributed by atoms with Gasteiger partial charge >= 0.3 is 0 Å². The van der Waals surface area contributed by atoms with Gasteiger partial charge in [0.15, 0.2) is 0 Å². The van der Waals surface area contributed by atoms with Crippen LogP contribution in [0.2, 0.25) is 5.02 Å². The van der Waals surface area contributed by atoms with E-state index in [0.29, 0.717) is 21.7 Å². The molecule has 0 bridgehead atoms. The summed E-state index contributed by atoms with van der Waals surface area (Å²) in [5, 5.41) is 0.364. The van der Waals surface area contributed by atoms with Gasteiger partial charge in [-0.3, -0.25) is 4.98 Å². The van der Waals surface area contributed by atoms with E-state index in [2.05, 4.69) is 4.98 Å². The van der Waals surface area contributed by atoms with E-state index < -0.39 is 10.0 Å². The zero-order valence-corrected chi connectivity index (χ0v) is 12.2. The SMILES string of the molecule is Cc1cc2nccc(Cl)c2n1S(=O)(=O)c1ccccc1. The Balaban J connectivity index is 2.38. The molecule has 4 nitrogen and oxygen atoms in total. The Kier molecular flexibility index (Phi) is 3.03. The summed E-state index contributed by atoms with van der Waals surface area (Å²) < 4.78 is 26.8. The summed E-state index contributed by atoms with van der Waals surface area (Å²) in [6.45, 7) is 1.72. The third-order valence-electron chi connectivity index (χ3n) is 3.05. The first-order valence-electron chi connectivity index (χ1n) is 5.95. The molecule has 0 amide bonds. The summed E-state index contributed by atoms with van der Waals surface area (Å²) in [6, 6.07) is 11.6. The van der Waals surface area contributed by atoms with E-state index in [1.807, 2.05) is 0 Å². The second-order valence-corrected chi connectivity index (χ2v) is 6.59. The first-order chi connectivity index (χ1) is 9.51. The van der Waals surface area contributed by atoms with E-state index in [9.17, 15) is 8.42 Å². The number of rotatable bonds is 2. The van der Waals surface area contributed by atoms with E-state index in [1.54, 1.807) is 55.6 Å². The Morgan fingerprint density at radius 2 is 1.85 bits per heavy atom. The average Bonchev–Trinajstić information content (AvgIpc) is 2.78. The van der Waals surface area contributed by atoms with E-state index >= 15 is 0 Å². The largest absolute Gasteiger partial charge is 0.268 e. The van der Waals surface area contributed by atoms with Gasteiger partial charge in [-0.05, 0) is 31.2 Å². The van der Waals surface area contributed by atoms with Crippen molar-refractivity contribution in [2.45, 2.75) is 11.8 Å². The highest BCUT2D eigenvalue weighted by molar-refractivity contribution is 7.90. The normalized spacial score (nSPS) is 11.9. The first kappa shape index (κ1) is 13.1. The number of aryl methyl sites for hydroxylation is 1. The van der Waals surface area contributed by atoms with Crippen LogP contribution in [0.25, 0.3) is 11.0 Å². The fraction of sp³-hybridized carbons (Fsp3) is 0.0714. The Bertz CT molecular complexity index is 886. The van der Waals surface area contributed by atoms with Gasteiger partial charge < -0.3 is 0 Å². The zero-order valence-electron chi connectivity index (χ0n) is 10.6. The van der Waals surface area contributed by atoms with Crippen LogP contribution in [0.1, 0.15) is 5.69 Å². The zero-order chi connectivity index (χ0) is 14.3. The minimum atomic E-state index is -3.68. The van der Waals surface area contributed by atoms with Crippen molar-refractivity contribution in [1.82, 2.24) is 8.96 Å². The number of nitrogens with zero attached hydrogens (tertiary/aromatic N) is 2. The Labute approximate surface area is 121 Å². The molecular formula is C14H11ClN2O2S. The van der Waals surface area contributed by atoms with E-state index in [-0.39, 0.29) is 4.90 Å². The second kappa shape index (κ2) is 4.61. The van der Waals surface area contributed by atoms with E-state index in [0.717, 1.165) is 0 Å². The van der Waals surface area contributed by atoms with Gasteiger partial charge in [-0.1, -0.05) is 29.8 Å². The summed E-state index contributed by atoms with van der Waals surface area (Å²) in [5.74, 6) is 0. The maximum Gasteiger partial charge on any atom is 0.268 e. The number of hydrogen-bond donors (Lipinski definition) is 0. The Morgan fingerprint density at radius 1 is 1.15 bits per heavy atom. The molecule has 3 rings (SSSR count). The number of fused-ring (bicyclic) bond motifs is 1. The highest BCUT2D eigenvalue weighted by atomic mass is 35.5. The predicted molar refractivity (Wildman–Crippen MR) is 78.5 cm³/mol. The smallest absolute Gasteiger partial charge is 0.254 e. The van der Waals surface area contributed by atoms with Crippen LogP contribution in [0.15, 0.2) is 53.6 Å². The van der Waals surface area contributed by atoms with Gasteiger partial charge in [0.2, 0.25) is 0 Å². The number of hydrogen-bond acceptors (Lipinski definition) is 3. The van der Waals surface area contributed by atoms with Crippen LogP contribution in [0, 0.1) is 6.92 Å². The molecule has 2 heterocycles. The molecule has 0 aliphatic rings. The van der Waals surface area contributed by atoms with Gasteiger partial charge in [-0.2, -0.15) is 0 Å². The summed E-state index contributed by atoms with van der Waals surface area (Å²) in [4.78, 5) is 4.38. The standard InChI is InChI=1S/C14H11ClN2O2S/c1-10-9-13-14(12(15)7-8-16-13)17(10)20(18,19)11-5-3-2-4-6-11/h2-9H,1H3. The summed E-state index contributed by atoms with van der Waals surface area (Å²) in [6.07, 6.45) is 1.56. The van der Waals surface area contributed by atoms with Gasteiger partial charge in [0.25, 0.3) is 10.0 Å². The van der Waals surface area contributed by atoms with Gasteiger partial charge in [-0.25, -0.2) is 12.4 Å². The fourth-order valence-electron chi connectivity index (χ4n) is 2.19. The summed E-state index contributed by atoms with van der Waals surface area (Å²) >= 11 is 6.14. The van der Waals surface area contributed by atoms with Gasteiger partial charge in [-0.15, -0.1) is 0 Å². The molecule has 6 heteroatoms. The van der Waals surface area contributed by atoms with Gasteiger partial charge in [0, 0.05) is 11.9 Å². The molecule has 1 aromatic carbocycles. The molecule has 0 aliphatic heterocycles. The molecule has 0 fully saturated rings. The van der Waals surface area contributed by atoms with Crippen LogP contribution in [0.4, 0.5) is 0 Å². The lowest BCUT2D eigenvalue weighted by atomic mass is 10.4. The van der Waals surface area contributed by atoms with Crippen molar-refractivity contribution in [2.75, 3.05) is 0 Å². The molecular weight excluding hydrogens is 296 g/mol. The molecule has 0 N–H and O–H groups in total. The number of benzene rings is 1. The van der Waals surface area contributed by atoms with Gasteiger partial charge in [0.1, 0.15) is 5.52 Å². The van der Waals surface area contributed by atoms with Crippen LogP contribution in [0.5, 0.6) is 0 Å². The molecule has 102 valence electrons. The predicted octanol–water partition coefficient (Wildman–Crippen LogP) is 3.24. The molecule has 0 spiro atoms. The molecule has 20 heavy (non-hydrogen) atoms. The summed E-state index contributed by atoms with van der Waals surface area (Å²) in [7, 11) is -3.68. The molecule has 0 atom stereocenters. The monoisotopic (exact) mass is 306 g/mol. The quantitative estimate of drug-likeness (QED) is 0.730. The van der Waals surface area contributed by atoms with Crippen molar-refractivity contribution in [3.63, 3.8) is 0 Å². The van der Waals surface area contributed by atoms with Gasteiger partial charge in [0.05, 0.1) is 15.4 Å². The lowest BCUT2D eigenvalue weighted by Crippen LogP contribution is -2.14. The maximum atomic E-state index is 12.8. The van der Waals surface area contributed by atoms with Crippen molar-refractivity contribution >= 4 is 32.7 Å². The molecule has 3 aromatic rings. The second-order valence-electron chi connectivity index (χ2n) is 4.39. The lowest BCUT2D eigenvalue weighted by molar-refractivity contribution is 0.588. The Hall–Kier alpha value is -1.85. The molecule has 0 radical (unpaired) electrons. The third-order valence-corrected chi connectivity index (χ3v) is 5.18. The number of aromatic nitrogens is 2. The highest BCUT2D eigenvalue weighted by Gasteiger charge is 2.22. The fourth-order valence-corrected chi connectivity index (χ4v) is 4.06. The molecule has 0 aliphatic carbocycles. The highest BCUT2D eigenvalue weighted by Crippen LogP contribution is 2.29. The van der Waals surface area contributed by atoms with E-state index in [1.165, 1.54) is 3.97 Å². The number of halogens is 1. The van der Waals surface area contributed by atoms with Crippen LogP contribution in [-0.2, 0) is 10.0 Å². The van der Waals surface area contributed by atoms with Crippen LogP contribution >= 0.6 is 11.6 Å². The molecule has 0 saturated carbocycles. The minimum Gasteiger partial charge on any atom is -0.254 e. The van der Waals surface area contributed by atoms with E-state index in [4.69, 9.17) is 11.6 Å². The van der Waals surface area contributed by atoms with Crippen molar-refractivity contribution < 1.29 is 8.42 Å². The molecule has 0 saturated heterocycles. The van der Waals surface area contributed by atoms with Crippen molar-refractivity contribution in [1.29, 1.82) is 0 Å².